The maximum atomic E-state index is 11.4. The highest BCUT2D eigenvalue weighted by Gasteiger charge is 2.15. The predicted molar refractivity (Wildman–Crippen MR) is 74.2 cm³/mol. The van der Waals surface area contributed by atoms with Crippen LogP contribution in [0.5, 0.6) is 0 Å². The van der Waals surface area contributed by atoms with Gasteiger partial charge in [0.15, 0.2) is 5.78 Å². The summed E-state index contributed by atoms with van der Waals surface area (Å²) in [5.41, 5.74) is 2.41. The van der Waals surface area contributed by atoms with Crippen LogP contribution in [-0.4, -0.2) is 5.78 Å². The van der Waals surface area contributed by atoms with Gasteiger partial charge in [0.1, 0.15) is 0 Å². The quantitative estimate of drug-likeness (QED) is 0.853. The molecular formula is C16H21NO. The molecule has 0 saturated carbocycles. The fraction of sp³-hybridized carbons (Fsp3) is 0.438. The number of carbonyl (C=O) groups is 1. The van der Waals surface area contributed by atoms with E-state index in [0.29, 0.717) is 12.5 Å². The maximum Gasteiger partial charge on any atom is 0.157 e. The first-order valence-corrected chi connectivity index (χ1v) is 6.84. The van der Waals surface area contributed by atoms with Crippen molar-refractivity contribution in [1.29, 1.82) is 0 Å². The summed E-state index contributed by atoms with van der Waals surface area (Å²) >= 11 is 0. The Morgan fingerprint density at radius 1 is 1.22 bits per heavy atom. The first-order chi connectivity index (χ1) is 8.79. The molecule has 2 nitrogen and oxygen atoms in total. The van der Waals surface area contributed by atoms with E-state index in [-0.39, 0.29) is 5.78 Å². The Kier molecular flexibility index (Phi) is 4.57. The molecule has 1 unspecified atom stereocenters. The zero-order chi connectivity index (χ0) is 12.8. The van der Waals surface area contributed by atoms with E-state index in [1.165, 1.54) is 5.56 Å². The lowest BCUT2D eigenvalue weighted by molar-refractivity contribution is -0.115. The van der Waals surface area contributed by atoms with E-state index < -0.39 is 0 Å². The normalized spacial score (nSPS) is 17.2. The highest BCUT2D eigenvalue weighted by Crippen LogP contribution is 2.22. The molecule has 0 aliphatic heterocycles. The summed E-state index contributed by atoms with van der Waals surface area (Å²) in [7, 11) is 0. The topological polar surface area (TPSA) is 29.1 Å². The summed E-state index contributed by atoms with van der Waals surface area (Å²) in [5, 5.41) is 3.54. The molecule has 96 valence electrons. The van der Waals surface area contributed by atoms with Gasteiger partial charge in [-0.3, -0.25) is 4.79 Å². The standard InChI is InChI=1S/C16H21NO/c1-2-7-16(13-8-4-3-5-9-13)17-14-10-6-11-15(18)12-14/h3-5,8-9,12,16-17H,2,6-7,10-11H2,1H3. The number of rotatable bonds is 5. The molecule has 0 radical (unpaired) electrons. The summed E-state index contributed by atoms with van der Waals surface area (Å²) < 4.78 is 0. The number of hydrogen-bond donors (Lipinski definition) is 1. The summed E-state index contributed by atoms with van der Waals surface area (Å²) in [5.74, 6) is 0.257. The molecule has 0 heterocycles. The molecule has 1 aliphatic rings. The third-order valence-electron chi connectivity index (χ3n) is 3.34. The van der Waals surface area contributed by atoms with Crippen LogP contribution in [0.4, 0.5) is 0 Å². The van der Waals surface area contributed by atoms with Gasteiger partial charge in [-0.1, -0.05) is 43.7 Å². The van der Waals surface area contributed by atoms with Gasteiger partial charge in [-0.15, -0.1) is 0 Å². The van der Waals surface area contributed by atoms with Crippen molar-refractivity contribution in [2.24, 2.45) is 0 Å². The first kappa shape index (κ1) is 12.9. The van der Waals surface area contributed by atoms with Crippen LogP contribution < -0.4 is 5.32 Å². The Hall–Kier alpha value is -1.57. The van der Waals surface area contributed by atoms with Crippen molar-refractivity contribution < 1.29 is 4.79 Å². The van der Waals surface area contributed by atoms with Crippen molar-refractivity contribution in [3.05, 3.63) is 47.7 Å². The Balaban J connectivity index is 2.09. The van der Waals surface area contributed by atoms with Crippen molar-refractivity contribution >= 4 is 5.78 Å². The molecule has 2 heteroatoms. The van der Waals surface area contributed by atoms with Gasteiger partial charge in [0.05, 0.1) is 6.04 Å². The van der Waals surface area contributed by atoms with Crippen molar-refractivity contribution in [3.8, 4) is 0 Å². The molecular weight excluding hydrogens is 222 g/mol. The third kappa shape index (κ3) is 3.46. The highest BCUT2D eigenvalue weighted by molar-refractivity contribution is 5.91. The van der Waals surface area contributed by atoms with E-state index in [1.807, 2.05) is 6.07 Å². The molecule has 0 spiro atoms. The lowest BCUT2D eigenvalue weighted by Gasteiger charge is -2.23. The monoisotopic (exact) mass is 243 g/mol. The van der Waals surface area contributed by atoms with Crippen LogP contribution in [-0.2, 0) is 4.79 Å². The fourth-order valence-electron chi connectivity index (χ4n) is 2.43. The van der Waals surface area contributed by atoms with Crippen LogP contribution in [0.1, 0.15) is 50.6 Å². The molecule has 2 rings (SSSR count). The summed E-state index contributed by atoms with van der Waals surface area (Å²) in [6.45, 7) is 2.19. The molecule has 0 amide bonds. The number of allylic oxidation sites excluding steroid dienone is 2. The van der Waals surface area contributed by atoms with Gasteiger partial charge in [-0.25, -0.2) is 0 Å². The number of carbonyl (C=O) groups excluding carboxylic acids is 1. The predicted octanol–water partition coefficient (Wildman–Crippen LogP) is 3.75. The van der Waals surface area contributed by atoms with Gasteiger partial charge in [0.2, 0.25) is 0 Å². The minimum atomic E-state index is 0.257. The third-order valence-corrected chi connectivity index (χ3v) is 3.34. The lowest BCUT2D eigenvalue weighted by atomic mass is 9.99. The van der Waals surface area contributed by atoms with Gasteiger partial charge in [-0.2, -0.15) is 0 Å². The molecule has 1 N–H and O–H groups in total. The number of ketones is 1. The number of nitrogens with one attached hydrogen (secondary N) is 1. The molecule has 1 aromatic carbocycles. The Morgan fingerprint density at radius 2 is 2.00 bits per heavy atom. The summed E-state index contributed by atoms with van der Waals surface area (Å²) in [4.78, 5) is 11.4. The van der Waals surface area contributed by atoms with Gasteiger partial charge in [0, 0.05) is 18.2 Å². The minimum Gasteiger partial charge on any atom is -0.381 e. The van der Waals surface area contributed by atoms with Crippen molar-refractivity contribution in [1.82, 2.24) is 5.32 Å². The molecule has 0 aromatic heterocycles. The lowest BCUT2D eigenvalue weighted by Crippen LogP contribution is -2.23. The van der Waals surface area contributed by atoms with Gasteiger partial charge in [-0.05, 0) is 24.8 Å². The van der Waals surface area contributed by atoms with Crippen LogP contribution in [0, 0.1) is 0 Å². The zero-order valence-electron chi connectivity index (χ0n) is 11.0. The van der Waals surface area contributed by atoms with Crippen LogP contribution >= 0.6 is 0 Å². The van der Waals surface area contributed by atoms with Crippen molar-refractivity contribution in [2.45, 2.75) is 45.1 Å². The Morgan fingerprint density at radius 3 is 2.67 bits per heavy atom. The van der Waals surface area contributed by atoms with E-state index in [2.05, 4.69) is 36.5 Å². The fourth-order valence-corrected chi connectivity index (χ4v) is 2.43. The van der Waals surface area contributed by atoms with E-state index >= 15 is 0 Å². The number of hydrogen-bond acceptors (Lipinski definition) is 2. The van der Waals surface area contributed by atoms with Crippen molar-refractivity contribution in [2.75, 3.05) is 0 Å². The van der Waals surface area contributed by atoms with E-state index in [9.17, 15) is 4.79 Å². The smallest absolute Gasteiger partial charge is 0.157 e. The highest BCUT2D eigenvalue weighted by atomic mass is 16.1. The van der Waals surface area contributed by atoms with Crippen LogP contribution in [0.2, 0.25) is 0 Å². The van der Waals surface area contributed by atoms with E-state index in [4.69, 9.17) is 0 Å². The molecule has 0 fully saturated rings. The molecule has 18 heavy (non-hydrogen) atoms. The van der Waals surface area contributed by atoms with E-state index in [0.717, 1.165) is 31.4 Å². The minimum absolute atomic E-state index is 0.257. The largest absolute Gasteiger partial charge is 0.381 e. The maximum absolute atomic E-state index is 11.4. The van der Waals surface area contributed by atoms with Gasteiger partial charge < -0.3 is 5.32 Å². The molecule has 0 saturated heterocycles. The van der Waals surface area contributed by atoms with Gasteiger partial charge in [0.25, 0.3) is 0 Å². The van der Waals surface area contributed by atoms with Gasteiger partial charge >= 0.3 is 0 Å². The van der Waals surface area contributed by atoms with Crippen LogP contribution in [0.25, 0.3) is 0 Å². The number of benzene rings is 1. The van der Waals surface area contributed by atoms with Crippen LogP contribution in [0.3, 0.4) is 0 Å². The molecule has 1 aliphatic carbocycles. The molecule has 1 aromatic rings. The first-order valence-electron chi connectivity index (χ1n) is 6.84. The zero-order valence-corrected chi connectivity index (χ0v) is 11.0. The summed E-state index contributed by atoms with van der Waals surface area (Å²) in [6, 6.07) is 10.8. The second kappa shape index (κ2) is 6.39. The average molecular weight is 243 g/mol. The van der Waals surface area contributed by atoms with Crippen LogP contribution in [0.15, 0.2) is 42.1 Å². The van der Waals surface area contributed by atoms with E-state index in [1.54, 1.807) is 6.08 Å². The molecule has 1 atom stereocenters. The summed E-state index contributed by atoms with van der Waals surface area (Å²) in [6.07, 6.45) is 6.69. The Bertz CT molecular complexity index is 422. The second-order valence-corrected chi connectivity index (χ2v) is 4.89. The SMILES string of the molecule is CCCC(NC1=CC(=O)CCC1)c1ccccc1. The van der Waals surface area contributed by atoms with Crippen molar-refractivity contribution in [3.63, 3.8) is 0 Å². The molecule has 0 bridgehead atoms. The Labute approximate surface area is 109 Å². The average Bonchev–Trinajstić information content (AvgIpc) is 2.39. The second-order valence-electron chi connectivity index (χ2n) is 4.89.